The van der Waals surface area contributed by atoms with Gasteiger partial charge in [-0.1, -0.05) is 40.9 Å². The smallest absolute Gasteiger partial charge is 0.337 e. The van der Waals surface area contributed by atoms with Crippen molar-refractivity contribution in [3.05, 3.63) is 63.1 Å². The zero-order valence-electron chi connectivity index (χ0n) is 11.5. The quantitative estimate of drug-likeness (QED) is 0.841. The first kappa shape index (κ1) is 15.7. The average Bonchev–Trinajstić information content (AvgIpc) is 2.42. The number of anilines is 1. The van der Waals surface area contributed by atoms with E-state index < -0.39 is 5.97 Å². The average molecular weight is 324 g/mol. The molecule has 0 heterocycles. The van der Waals surface area contributed by atoms with E-state index in [0.717, 1.165) is 11.1 Å². The van der Waals surface area contributed by atoms with Crippen LogP contribution in [0.3, 0.4) is 0 Å². The number of carboxylic acid groups (broad SMARTS) is 1. The molecule has 0 unspecified atom stereocenters. The highest BCUT2D eigenvalue weighted by Gasteiger charge is 2.10. The van der Waals surface area contributed by atoms with E-state index in [-0.39, 0.29) is 5.56 Å². The molecule has 0 spiro atoms. The van der Waals surface area contributed by atoms with E-state index in [4.69, 9.17) is 23.2 Å². The molecule has 0 aliphatic heterocycles. The van der Waals surface area contributed by atoms with Crippen molar-refractivity contribution in [2.24, 2.45) is 0 Å². The van der Waals surface area contributed by atoms with Crippen molar-refractivity contribution >= 4 is 34.9 Å². The summed E-state index contributed by atoms with van der Waals surface area (Å²) >= 11 is 12.0. The number of halogens is 2. The maximum absolute atomic E-state index is 11.2. The highest BCUT2D eigenvalue weighted by molar-refractivity contribution is 6.35. The van der Waals surface area contributed by atoms with Crippen LogP contribution in [0.1, 0.15) is 21.5 Å². The van der Waals surface area contributed by atoms with Crippen molar-refractivity contribution in [3.63, 3.8) is 0 Å². The van der Waals surface area contributed by atoms with Crippen LogP contribution in [0.25, 0.3) is 0 Å². The molecule has 2 rings (SSSR count). The number of hydrogen-bond acceptors (Lipinski definition) is 2. The number of benzene rings is 2. The summed E-state index contributed by atoms with van der Waals surface area (Å²) in [6, 6.07) is 10.7. The lowest BCUT2D eigenvalue weighted by molar-refractivity contribution is 0.0698. The molecule has 0 fully saturated rings. The Bertz CT molecular complexity index is 671. The molecule has 0 bridgehead atoms. The lowest BCUT2D eigenvalue weighted by Gasteiger charge is -2.11. The second-order valence-corrected chi connectivity index (χ2v) is 5.61. The molecule has 3 nitrogen and oxygen atoms in total. The Balaban J connectivity index is 2.05. The summed E-state index contributed by atoms with van der Waals surface area (Å²) in [7, 11) is 0. The zero-order valence-corrected chi connectivity index (χ0v) is 13.0. The van der Waals surface area contributed by atoms with E-state index in [1.807, 2.05) is 19.1 Å². The molecule has 0 saturated heterocycles. The number of aryl methyl sites for hydroxylation is 1. The van der Waals surface area contributed by atoms with Crippen LogP contribution >= 0.6 is 23.2 Å². The van der Waals surface area contributed by atoms with Crippen LogP contribution in [0.15, 0.2) is 36.4 Å². The van der Waals surface area contributed by atoms with E-state index in [2.05, 4.69) is 5.32 Å². The molecule has 0 aliphatic carbocycles. The van der Waals surface area contributed by atoms with Gasteiger partial charge >= 0.3 is 5.97 Å². The Labute approximate surface area is 133 Å². The minimum absolute atomic E-state index is 0.275. The molecule has 0 amide bonds. The summed E-state index contributed by atoms with van der Waals surface area (Å²) in [5.74, 6) is -0.939. The third-order valence-electron chi connectivity index (χ3n) is 3.13. The molecule has 0 atom stereocenters. The Morgan fingerprint density at radius 1 is 1.19 bits per heavy atom. The van der Waals surface area contributed by atoms with Crippen molar-refractivity contribution in [1.82, 2.24) is 0 Å². The second-order valence-electron chi connectivity index (χ2n) is 4.77. The van der Waals surface area contributed by atoms with Gasteiger partial charge < -0.3 is 10.4 Å². The summed E-state index contributed by atoms with van der Waals surface area (Å²) in [5.41, 5.74) is 2.77. The lowest BCUT2D eigenvalue weighted by Crippen LogP contribution is -2.10. The fourth-order valence-electron chi connectivity index (χ4n) is 2.05. The van der Waals surface area contributed by atoms with Crippen molar-refractivity contribution in [1.29, 1.82) is 0 Å². The van der Waals surface area contributed by atoms with Gasteiger partial charge in [-0.3, -0.25) is 0 Å². The van der Waals surface area contributed by atoms with E-state index in [1.165, 1.54) is 0 Å². The number of nitrogens with one attached hydrogen (secondary N) is 1. The maximum Gasteiger partial charge on any atom is 0.337 e. The van der Waals surface area contributed by atoms with Gasteiger partial charge in [0.15, 0.2) is 0 Å². The van der Waals surface area contributed by atoms with Gasteiger partial charge in [0, 0.05) is 22.3 Å². The number of hydrogen-bond donors (Lipinski definition) is 2. The van der Waals surface area contributed by atoms with Gasteiger partial charge in [-0.15, -0.1) is 0 Å². The van der Waals surface area contributed by atoms with Gasteiger partial charge in [-0.05, 0) is 43.2 Å². The van der Waals surface area contributed by atoms with E-state index >= 15 is 0 Å². The SMILES string of the molecule is Cc1ccc(NCCc2ccc(Cl)cc2Cl)c(C(=O)O)c1. The highest BCUT2D eigenvalue weighted by Crippen LogP contribution is 2.22. The second kappa shape index (κ2) is 6.83. The molecular formula is C16H15Cl2NO2. The molecular weight excluding hydrogens is 309 g/mol. The highest BCUT2D eigenvalue weighted by atomic mass is 35.5. The van der Waals surface area contributed by atoms with Crippen LogP contribution in [-0.4, -0.2) is 17.6 Å². The Hall–Kier alpha value is -1.71. The number of carboxylic acids is 1. The van der Waals surface area contributed by atoms with Crippen LogP contribution < -0.4 is 5.32 Å². The fourth-order valence-corrected chi connectivity index (χ4v) is 2.55. The first-order valence-electron chi connectivity index (χ1n) is 6.49. The number of rotatable bonds is 5. The van der Waals surface area contributed by atoms with Crippen LogP contribution in [0.5, 0.6) is 0 Å². The van der Waals surface area contributed by atoms with E-state index in [9.17, 15) is 9.90 Å². The fraction of sp³-hybridized carbons (Fsp3) is 0.188. The molecule has 2 aromatic rings. The first-order chi connectivity index (χ1) is 9.97. The molecule has 0 saturated carbocycles. The molecule has 21 heavy (non-hydrogen) atoms. The van der Waals surface area contributed by atoms with Crippen LogP contribution in [0.2, 0.25) is 10.0 Å². The summed E-state index contributed by atoms with van der Waals surface area (Å²) < 4.78 is 0. The van der Waals surface area contributed by atoms with Crippen molar-refractivity contribution < 1.29 is 9.90 Å². The summed E-state index contributed by atoms with van der Waals surface area (Å²) in [4.78, 5) is 11.2. The molecule has 0 radical (unpaired) electrons. The van der Waals surface area contributed by atoms with Gasteiger partial charge in [0.2, 0.25) is 0 Å². The molecule has 110 valence electrons. The zero-order chi connectivity index (χ0) is 15.4. The van der Waals surface area contributed by atoms with Gasteiger partial charge in [0.05, 0.1) is 5.56 Å². The van der Waals surface area contributed by atoms with Crippen LogP contribution in [0, 0.1) is 6.92 Å². The third-order valence-corrected chi connectivity index (χ3v) is 3.72. The largest absolute Gasteiger partial charge is 0.478 e. The normalized spacial score (nSPS) is 10.4. The molecule has 2 N–H and O–H groups in total. The summed E-state index contributed by atoms with van der Waals surface area (Å²) in [6.45, 7) is 2.45. The van der Waals surface area contributed by atoms with Crippen LogP contribution in [0.4, 0.5) is 5.69 Å². The summed E-state index contributed by atoms with van der Waals surface area (Å²) in [5, 5.41) is 13.6. The standard InChI is InChI=1S/C16H15Cl2NO2/c1-10-2-5-15(13(8-10)16(20)21)19-7-6-11-3-4-12(17)9-14(11)18/h2-5,8-9,19H,6-7H2,1H3,(H,20,21). The maximum atomic E-state index is 11.2. The van der Waals surface area contributed by atoms with Crippen molar-refractivity contribution in [2.75, 3.05) is 11.9 Å². The lowest BCUT2D eigenvalue weighted by atomic mass is 10.1. The van der Waals surface area contributed by atoms with Crippen molar-refractivity contribution in [3.8, 4) is 0 Å². The predicted octanol–water partition coefficient (Wildman–Crippen LogP) is 4.65. The third kappa shape index (κ3) is 4.13. The van der Waals surface area contributed by atoms with Gasteiger partial charge in [0.1, 0.15) is 0 Å². The molecule has 5 heteroatoms. The number of aromatic carboxylic acids is 1. The molecule has 2 aromatic carbocycles. The Kier molecular flexibility index (Phi) is 5.10. The topological polar surface area (TPSA) is 49.3 Å². The minimum atomic E-state index is -0.939. The predicted molar refractivity (Wildman–Crippen MR) is 86.8 cm³/mol. The van der Waals surface area contributed by atoms with Gasteiger partial charge in [-0.25, -0.2) is 4.79 Å². The minimum Gasteiger partial charge on any atom is -0.478 e. The van der Waals surface area contributed by atoms with Gasteiger partial charge in [-0.2, -0.15) is 0 Å². The number of carbonyl (C=O) groups is 1. The van der Waals surface area contributed by atoms with Crippen molar-refractivity contribution in [2.45, 2.75) is 13.3 Å². The Morgan fingerprint density at radius 3 is 2.62 bits per heavy atom. The Morgan fingerprint density at radius 2 is 1.95 bits per heavy atom. The van der Waals surface area contributed by atoms with Crippen LogP contribution in [-0.2, 0) is 6.42 Å². The van der Waals surface area contributed by atoms with E-state index in [0.29, 0.717) is 28.7 Å². The molecule has 0 aliphatic rings. The molecule has 0 aromatic heterocycles. The first-order valence-corrected chi connectivity index (χ1v) is 7.24. The van der Waals surface area contributed by atoms with Gasteiger partial charge in [0.25, 0.3) is 0 Å². The van der Waals surface area contributed by atoms with E-state index in [1.54, 1.807) is 24.3 Å². The monoisotopic (exact) mass is 323 g/mol. The summed E-state index contributed by atoms with van der Waals surface area (Å²) in [6.07, 6.45) is 0.683.